The fraction of sp³-hybridized carbons (Fsp3) is 0.545. The minimum Gasteiger partial charge on any atom is -0.369 e. The molecule has 148 valence electrons. The Labute approximate surface area is 173 Å². The van der Waals surface area contributed by atoms with Crippen molar-refractivity contribution in [3.8, 4) is 0 Å². The molecule has 1 spiro atoms. The molecule has 6 heteroatoms. The first-order valence-corrected chi connectivity index (χ1v) is 11.0. The Hall–Kier alpha value is -1.66. The van der Waals surface area contributed by atoms with Gasteiger partial charge in [0.25, 0.3) is 0 Å². The number of rotatable bonds is 5. The Morgan fingerprint density at radius 1 is 1.07 bits per heavy atom. The van der Waals surface area contributed by atoms with Crippen LogP contribution in [0, 0.1) is 22.7 Å². The highest BCUT2D eigenvalue weighted by atomic mass is 79.9. The highest BCUT2D eigenvalue weighted by molar-refractivity contribution is 9.10. The molecule has 5 rings (SSSR count). The van der Waals surface area contributed by atoms with Crippen LogP contribution in [-0.4, -0.2) is 24.4 Å². The molecule has 4 aliphatic rings. The number of primary amides is 2. The van der Waals surface area contributed by atoms with Crippen LogP contribution in [0.15, 0.2) is 40.9 Å². The second-order valence-corrected chi connectivity index (χ2v) is 10.0. The maximum Gasteiger partial charge on any atom is 0.229 e. The fourth-order valence-electron chi connectivity index (χ4n) is 7.04. The SMILES string of the molecule is NC(=O)[C@]1(CC2CCCN2)[C@@H]2C=C[C@@H](C23CC3)[C@@]1(C(N)=O)c1ccc(Br)cc1. The third-order valence-electron chi connectivity index (χ3n) is 8.12. The third-order valence-corrected chi connectivity index (χ3v) is 8.65. The van der Waals surface area contributed by atoms with Crippen LogP contribution in [0.1, 0.15) is 37.7 Å². The van der Waals surface area contributed by atoms with Gasteiger partial charge in [0.15, 0.2) is 0 Å². The Kier molecular flexibility index (Phi) is 3.89. The number of hydrogen-bond donors (Lipinski definition) is 3. The molecule has 5 nitrogen and oxygen atoms in total. The molecule has 0 radical (unpaired) electrons. The number of allylic oxidation sites excluding steroid dienone is 2. The number of carbonyl (C=O) groups excluding carboxylic acids is 2. The van der Waals surface area contributed by atoms with Gasteiger partial charge in [0, 0.05) is 16.4 Å². The van der Waals surface area contributed by atoms with E-state index in [4.69, 9.17) is 11.5 Å². The zero-order valence-corrected chi connectivity index (χ0v) is 17.4. The maximum absolute atomic E-state index is 13.4. The van der Waals surface area contributed by atoms with E-state index in [9.17, 15) is 9.59 Å². The zero-order valence-electron chi connectivity index (χ0n) is 15.8. The largest absolute Gasteiger partial charge is 0.369 e. The molecule has 0 aromatic heterocycles. The number of amides is 2. The first kappa shape index (κ1) is 18.4. The third kappa shape index (κ3) is 2.00. The van der Waals surface area contributed by atoms with Gasteiger partial charge in [-0.25, -0.2) is 0 Å². The summed E-state index contributed by atoms with van der Waals surface area (Å²) in [5.41, 5.74) is 11.1. The Balaban J connectivity index is 1.78. The molecule has 5 atom stereocenters. The lowest BCUT2D eigenvalue weighted by Crippen LogP contribution is -2.63. The summed E-state index contributed by atoms with van der Waals surface area (Å²) in [6, 6.07) is 7.92. The lowest BCUT2D eigenvalue weighted by molar-refractivity contribution is -0.144. The number of halogens is 1. The van der Waals surface area contributed by atoms with E-state index in [0.717, 1.165) is 42.3 Å². The average molecular weight is 444 g/mol. The number of hydrogen-bond acceptors (Lipinski definition) is 3. The topological polar surface area (TPSA) is 98.2 Å². The predicted molar refractivity (Wildman–Crippen MR) is 110 cm³/mol. The first-order valence-electron chi connectivity index (χ1n) is 10.2. The molecular formula is C22H26BrN3O2. The van der Waals surface area contributed by atoms with E-state index in [1.54, 1.807) is 0 Å². The van der Waals surface area contributed by atoms with Crippen LogP contribution in [0.3, 0.4) is 0 Å². The zero-order chi connectivity index (χ0) is 19.7. The van der Waals surface area contributed by atoms with Crippen LogP contribution in [0.4, 0.5) is 0 Å². The molecule has 1 saturated heterocycles. The number of nitrogens with one attached hydrogen (secondary N) is 1. The molecular weight excluding hydrogens is 418 g/mol. The normalized spacial score (nSPS) is 39.5. The molecule has 1 aromatic rings. The summed E-state index contributed by atoms with van der Waals surface area (Å²) in [7, 11) is 0. The van der Waals surface area contributed by atoms with Gasteiger partial charge < -0.3 is 16.8 Å². The molecule has 28 heavy (non-hydrogen) atoms. The summed E-state index contributed by atoms with van der Waals surface area (Å²) in [6.45, 7) is 0.941. The number of carbonyl (C=O) groups is 2. The van der Waals surface area contributed by atoms with Gasteiger partial charge in [-0.15, -0.1) is 0 Å². The van der Waals surface area contributed by atoms with Gasteiger partial charge in [-0.05, 0) is 67.7 Å². The van der Waals surface area contributed by atoms with Crippen molar-refractivity contribution < 1.29 is 9.59 Å². The number of benzene rings is 1. The summed E-state index contributed by atoms with van der Waals surface area (Å²) in [4.78, 5) is 26.7. The van der Waals surface area contributed by atoms with Crippen molar-refractivity contribution in [2.24, 2.45) is 34.1 Å². The van der Waals surface area contributed by atoms with Gasteiger partial charge in [-0.2, -0.15) is 0 Å². The lowest BCUT2D eigenvalue weighted by atomic mass is 9.52. The smallest absolute Gasteiger partial charge is 0.229 e. The lowest BCUT2D eigenvalue weighted by Gasteiger charge is -2.49. The highest BCUT2D eigenvalue weighted by Crippen LogP contribution is 2.80. The molecule has 1 heterocycles. The van der Waals surface area contributed by atoms with Crippen molar-refractivity contribution in [2.45, 2.75) is 43.6 Å². The predicted octanol–water partition coefficient (Wildman–Crippen LogP) is 2.38. The van der Waals surface area contributed by atoms with Crippen molar-refractivity contribution in [3.05, 3.63) is 46.5 Å². The van der Waals surface area contributed by atoms with Gasteiger partial charge in [-0.1, -0.05) is 40.2 Å². The quantitative estimate of drug-likeness (QED) is 0.609. The molecule has 3 aliphatic carbocycles. The molecule has 1 aliphatic heterocycles. The molecule has 3 fully saturated rings. The van der Waals surface area contributed by atoms with Gasteiger partial charge >= 0.3 is 0 Å². The van der Waals surface area contributed by atoms with E-state index < -0.39 is 16.7 Å². The van der Waals surface area contributed by atoms with Gasteiger partial charge in [0.2, 0.25) is 11.8 Å². The van der Waals surface area contributed by atoms with Gasteiger partial charge in [0.05, 0.1) is 10.8 Å². The van der Waals surface area contributed by atoms with Crippen molar-refractivity contribution in [1.82, 2.24) is 5.32 Å². The van der Waals surface area contributed by atoms with Crippen molar-refractivity contribution in [1.29, 1.82) is 0 Å². The van der Waals surface area contributed by atoms with E-state index in [0.29, 0.717) is 6.42 Å². The molecule has 1 unspecified atom stereocenters. The van der Waals surface area contributed by atoms with Crippen LogP contribution < -0.4 is 16.8 Å². The van der Waals surface area contributed by atoms with Crippen LogP contribution in [-0.2, 0) is 15.0 Å². The van der Waals surface area contributed by atoms with Crippen LogP contribution in [0.2, 0.25) is 0 Å². The Bertz CT molecular complexity index is 872. The Morgan fingerprint density at radius 3 is 2.29 bits per heavy atom. The van der Waals surface area contributed by atoms with Crippen LogP contribution >= 0.6 is 15.9 Å². The summed E-state index contributed by atoms with van der Waals surface area (Å²) in [5.74, 6) is -0.903. The van der Waals surface area contributed by atoms with Crippen molar-refractivity contribution in [3.63, 3.8) is 0 Å². The van der Waals surface area contributed by atoms with Crippen molar-refractivity contribution in [2.75, 3.05) is 6.54 Å². The summed E-state index contributed by atoms with van der Waals surface area (Å²) in [5, 5.41) is 3.52. The molecule has 1 aromatic carbocycles. The van der Waals surface area contributed by atoms with Gasteiger partial charge in [0.1, 0.15) is 0 Å². The second kappa shape index (κ2) is 5.92. The average Bonchev–Trinajstić information content (AvgIpc) is 3.03. The standard InChI is InChI=1S/C22H26BrN3O2/c23-14-5-3-13(4-6-14)22(19(25)28)17-8-7-16(20(17)9-10-20)21(22,18(24)27)12-15-2-1-11-26-15/h3-8,15-17,26H,1-2,9-12H2,(H2,24,27)(H2,25,28)/t15?,16-,17+,21+,22-/m1/s1. The van der Waals surface area contributed by atoms with E-state index in [2.05, 4.69) is 33.4 Å². The van der Waals surface area contributed by atoms with E-state index in [-0.39, 0.29) is 29.2 Å². The van der Waals surface area contributed by atoms with E-state index >= 15 is 0 Å². The maximum atomic E-state index is 13.4. The molecule has 2 bridgehead atoms. The van der Waals surface area contributed by atoms with Crippen molar-refractivity contribution >= 4 is 27.7 Å². The molecule has 2 amide bonds. The number of nitrogens with two attached hydrogens (primary N) is 2. The fourth-order valence-corrected chi connectivity index (χ4v) is 7.30. The summed E-state index contributed by atoms with van der Waals surface area (Å²) < 4.78 is 0.929. The van der Waals surface area contributed by atoms with E-state index in [1.807, 2.05) is 24.3 Å². The van der Waals surface area contributed by atoms with E-state index in [1.165, 1.54) is 0 Å². The summed E-state index contributed by atoms with van der Waals surface area (Å²) in [6.07, 6.45) is 9.00. The Morgan fingerprint density at radius 2 is 1.75 bits per heavy atom. The minimum absolute atomic E-state index is 0.0268. The molecule has 2 saturated carbocycles. The minimum atomic E-state index is -1.10. The first-order chi connectivity index (χ1) is 13.4. The van der Waals surface area contributed by atoms with Gasteiger partial charge in [-0.3, -0.25) is 9.59 Å². The van der Waals surface area contributed by atoms with Crippen LogP contribution in [0.25, 0.3) is 0 Å². The molecule has 5 N–H and O–H groups in total. The summed E-state index contributed by atoms with van der Waals surface area (Å²) >= 11 is 3.48. The van der Waals surface area contributed by atoms with Crippen LogP contribution in [0.5, 0.6) is 0 Å². The second-order valence-electron chi connectivity index (χ2n) is 9.09. The monoisotopic (exact) mass is 443 g/mol. The highest BCUT2D eigenvalue weighted by Gasteiger charge is 2.82.